The monoisotopic (exact) mass is 257 g/mol. The van der Waals surface area contributed by atoms with Crippen LogP contribution in [-0.4, -0.2) is 20.5 Å². The van der Waals surface area contributed by atoms with E-state index in [1.165, 1.54) is 6.33 Å². The van der Waals surface area contributed by atoms with Gasteiger partial charge in [-0.15, -0.1) is 0 Å². The normalized spacial score (nSPS) is 10.6. The second kappa shape index (κ2) is 6.27. The highest BCUT2D eigenvalue weighted by Crippen LogP contribution is 2.12. The first kappa shape index (κ1) is 13.5. The molecule has 1 heterocycles. The SMILES string of the molecule is CCCn1ncnc1CC(=O)c1ccccc1CC. The molecule has 0 bridgehead atoms. The summed E-state index contributed by atoms with van der Waals surface area (Å²) in [5.74, 6) is 0.862. The van der Waals surface area contributed by atoms with Crippen LogP contribution in [0.4, 0.5) is 0 Å². The molecule has 0 amide bonds. The maximum atomic E-state index is 12.4. The standard InChI is InChI=1S/C15H19N3O/c1-3-9-18-15(16-11-17-18)10-14(19)13-8-6-5-7-12(13)4-2/h5-8,11H,3-4,9-10H2,1-2H3. The van der Waals surface area contributed by atoms with Crippen LogP contribution in [0.25, 0.3) is 0 Å². The Labute approximate surface area is 113 Å². The van der Waals surface area contributed by atoms with E-state index in [4.69, 9.17) is 0 Å². The Morgan fingerprint density at radius 3 is 2.79 bits per heavy atom. The molecule has 0 radical (unpaired) electrons. The largest absolute Gasteiger partial charge is 0.294 e. The zero-order chi connectivity index (χ0) is 13.7. The molecule has 0 saturated carbocycles. The number of carbonyl (C=O) groups is 1. The predicted molar refractivity (Wildman–Crippen MR) is 74.2 cm³/mol. The van der Waals surface area contributed by atoms with Crippen molar-refractivity contribution in [2.45, 2.75) is 39.7 Å². The number of Topliss-reactive ketones (excluding diaryl/α,β-unsaturated/α-hetero) is 1. The molecule has 19 heavy (non-hydrogen) atoms. The lowest BCUT2D eigenvalue weighted by molar-refractivity contribution is 0.0988. The van der Waals surface area contributed by atoms with Gasteiger partial charge in [-0.25, -0.2) is 9.67 Å². The summed E-state index contributed by atoms with van der Waals surface area (Å²) in [6.45, 7) is 4.95. The van der Waals surface area contributed by atoms with Gasteiger partial charge in [-0.3, -0.25) is 4.79 Å². The summed E-state index contributed by atoms with van der Waals surface area (Å²) >= 11 is 0. The van der Waals surface area contributed by atoms with Gasteiger partial charge in [-0.2, -0.15) is 5.10 Å². The lowest BCUT2D eigenvalue weighted by Crippen LogP contribution is -2.13. The molecule has 0 spiro atoms. The average molecular weight is 257 g/mol. The molecule has 4 heteroatoms. The van der Waals surface area contributed by atoms with Crippen molar-refractivity contribution in [1.29, 1.82) is 0 Å². The van der Waals surface area contributed by atoms with Crippen LogP contribution in [-0.2, 0) is 19.4 Å². The first-order valence-electron chi connectivity index (χ1n) is 6.74. The van der Waals surface area contributed by atoms with E-state index in [0.29, 0.717) is 6.42 Å². The van der Waals surface area contributed by atoms with Crippen molar-refractivity contribution in [3.8, 4) is 0 Å². The summed E-state index contributed by atoms with van der Waals surface area (Å²) in [5.41, 5.74) is 1.89. The van der Waals surface area contributed by atoms with Crippen LogP contribution in [0, 0.1) is 0 Å². The third kappa shape index (κ3) is 3.08. The molecule has 0 unspecified atom stereocenters. The summed E-state index contributed by atoms with van der Waals surface area (Å²) in [6.07, 6.45) is 3.68. The molecule has 0 N–H and O–H groups in total. The summed E-state index contributed by atoms with van der Waals surface area (Å²) < 4.78 is 1.81. The highest BCUT2D eigenvalue weighted by atomic mass is 16.1. The Morgan fingerprint density at radius 2 is 2.05 bits per heavy atom. The molecule has 1 aromatic heterocycles. The van der Waals surface area contributed by atoms with Gasteiger partial charge >= 0.3 is 0 Å². The van der Waals surface area contributed by atoms with Crippen LogP contribution in [0.2, 0.25) is 0 Å². The third-order valence-corrected chi connectivity index (χ3v) is 3.15. The fraction of sp³-hybridized carbons (Fsp3) is 0.400. The molecule has 2 aromatic rings. The highest BCUT2D eigenvalue weighted by Gasteiger charge is 2.14. The van der Waals surface area contributed by atoms with E-state index in [9.17, 15) is 4.79 Å². The number of aromatic nitrogens is 3. The van der Waals surface area contributed by atoms with Crippen molar-refractivity contribution >= 4 is 5.78 Å². The van der Waals surface area contributed by atoms with Crippen molar-refractivity contribution in [3.05, 3.63) is 47.5 Å². The van der Waals surface area contributed by atoms with Gasteiger partial charge in [0.25, 0.3) is 0 Å². The van der Waals surface area contributed by atoms with E-state index >= 15 is 0 Å². The molecule has 0 atom stereocenters. The van der Waals surface area contributed by atoms with Crippen LogP contribution in [0.1, 0.15) is 42.0 Å². The molecule has 1 aromatic carbocycles. The Balaban J connectivity index is 2.18. The molecule has 100 valence electrons. The van der Waals surface area contributed by atoms with Crippen molar-refractivity contribution in [3.63, 3.8) is 0 Å². The molecule has 0 fully saturated rings. The highest BCUT2D eigenvalue weighted by molar-refractivity contribution is 5.98. The fourth-order valence-corrected chi connectivity index (χ4v) is 2.16. The van der Waals surface area contributed by atoms with Crippen LogP contribution >= 0.6 is 0 Å². The summed E-state index contributed by atoms with van der Waals surface area (Å²) in [7, 11) is 0. The quantitative estimate of drug-likeness (QED) is 0.747. The Bertz CT molecular complexity index is 560. The number of hydrogen-bond acceptors (Lipinski definition) is 3. The lowest BCUT2D eigenvalue weighted by atomic mass is 10.00. The minimum absolute atomic E-state index is 0.114. The van der Waals surface area contributed by atoms with Gasteiger partial charge in [-0.05, 0) is 18.4 Å². The van der Waals surface area contributed by atoms with E-state index in [-0.39, 0.29) is 5.78 Å². The summed E-state index contributed by atoms with van der Waals surface area (Å²) in [4.78, 5) is 16.6. The number of benzene rings is 1. The zero-order valence-corrected chi connectivity index (χ0v) is 11.5. The number of ketones is 1. The smallest absolute Gasteiger partial charge is 0.170 e. The van der Waals surface area contributed by atoms with Crippen LogP contribution < -0.4 is 0 Å². The molecule has 0 aliphatic carbocycles. The van der Waals surface area contributed by atoms with Gasteiger partial charge in [0.15, 0.2) is 5.78 Å². The Kier molecular flexibility index (Phi) is 4.44. The minimum Gasteiger partial charge on any atom is -0.294 e. The molecular weight excluding hydrogens is 238 g/mol. The molecule has 0 aliphatic rings. The molecular formula is C15H19N3O. The van der Waals surface area contributed by atoms with Gasteiger partial charge in [0.05, 0.1) is 6.42 Å². The topological polar surface area (TPSA) is 47.8 Å². The summed E-state index contributed by atoms with van der Waals surface area (Å²) in [5, 5.41) is 4.15. The number of aryl methyl sites for hydroxylation is 2. The maximum Gasteiger partial charge on any atom is 0.170 e. The lowest BCUT2D eigenvalue weighted by Gasteiger charge is -2.07. The Morgan fingerprint density at radius 1 is 1.26 bits per heavy atom. The molecule has 2 rings (SSSR count). The number of nitrogens with zero attached hydrogens (tertiary/aromatic N) is 3. The number of carbonyl (C=O) groups excluding carboxylic acids is 1. The van der Waals surface area contributed by atoms with Gasteiger partial charge in [0.1, 0.15) is 12.2 Å². The van der Waals surface area contributed by atoms with Gasteiger partial charge in [0.2, 0.25) is 0 Å². The van der Waals surface area contributed by atoms with Crippen molar-refractivity contribution < 1.29 is 4.79 Å². The van der Waals surface area contributed by atoms with Crippen LogP contribution in [0.5, 0.6) is 0 Å². The molecule has 0 aliphatic heterocycles. The molecule has 4 nitrogen and oxygen atoms in total. The van der Waals surface area contributed by atoms with E-state index in [2.05, 4.69) is 23.9 Å². The average Bonchev–Trinajstić information content (AvgIpc) is 2.86. The van der Waals surface area contributed by atoms with E-state index < -0.39 is 0 Å². The van der Waals surface area contributed by atoms with Crippen LogP contribution in [0.15, 0.2) is 30.6 Å². The van der Waals surface area contributed by atoms with E-state index in [1.54, 1.807) is 0 Å². The molecule has 0 saturated heterocycles. The van der Waals surface area contributed by atoms with Crippen LogP contribution in [0.3, 0.4) is 0 Å². The van der Waals surface area contributed by atoms with Crippen molar-refractivity contribution in [2.24, 2.45) is 0 Å². The minimum atomic E-state index is 0.114. The van der Waals surface area contributed by atoms with E-state index in [1.807, 2.05) is 28.9 Å². The fourth-order valence-electron chi connectivity index (χ4n) is 2.16. The van der Waals surface area contributed by atoms with Crippen molar-refractivity contribution in [1.82, 2.24) is 14.8 Å². The third-order valence-electron chi connectivity index (χ3n) is 3.15. The van der Waals surface area contributed by atoms with Gasteiger partial charge in [-0.1, -0.05) is 38.1 Å². The number of rotatable bonds is 6. The predicted octanol–water partition coefficient (Wildman–Crippen LogP) is 2.68. The maximum absolute atomic E-state index is 12.4. The van der Waals surface area contributed by atoms with Crippen molar-refractivity contribution in [2.75, 3.05) is 0 Å². The first-order chi connectivity index (χ1) is 9.26. The Hall–Kier alpha value is -1.97. The van der Waals surface area contributed by atoms with Gasteiger partial charge in [0, 0.05) is 12.1 Å². The zero-order valence-electron chi connectivity index (χ0n) is 11.5. The second-order valence-corrected chi connectivity index (χ2v) is 4.51. The second-order valence-electron chi connectivity index (χ2n) is 4.51. The van der Waals surface area contributed by atoms with Gasteiger partial charge < -0.3 is 0 Å². The first-order valence-corrected chi connectivity index (χ1v) is 6.74. The number of hydrogen-bond donors (Lipinski definition) is 0. The van der Waals surface area contributed by atoms with E-state index in [0.717, 1.165) is 36.3 Å². The summed E-state index contributed by atoms with van der Waals surface area (Å²) in [6, 6.07) is 7.77.